The Morgan fingerprint density at radius 1 is 1.09 bits per heavy atom. The summed E-state index contributed by atoms with van der Waals surface area (Å²) in [6.45, 7) is 7.10. The molecule has 1 atom stereocenters. The van der Waals surface area contributed by atoms with Crippen molar-refractivity contribution in [2.75, 3.05) is 38.0 Å². The number of piperidine rings is 1. The molecule has 232 valence electrons. The second-order valence-corrected chi connectivity index (χ2v) is 13.7. The van der Waals surface area contributed by atoms with Crippen molar-refractivity contribution in [3.05, 3.63) is 75.2 Å². The molecular formula is C34H37IN8O2. The second-order valence-electron chi connectivity index (χ2n) is 11.7. The van der Waals surface area contributed by atoms with Crippen LogP contribution >= 0.6 is 20.7 Å². The summed E-state index contributed by atoms with van der Waals surface area (Å²) < 4.78 is 7.46. The molecule has 0 saturated carbocycles. The van der Waals surface area contributed by atoms with E-state index in [1.807, 2.05) is 47.3 Å². The minimum absolute atomic E-state index is 0.0124. The van der Waals surface area contributed by atoms with Gasteiger partial charge in [0.1, 0.15) is 0 Å². The maximum atomic E-state index is 13.5. The molecule has 2 fully saturated rings. The van der Waals surface area contributed by atoms with Gasteiger partial charge in [-0.25, -0.2) is 9.97 Å². The van der Waals surface area contributed by atoms with Gasteiger partial charge in [-0.2, -0.15) is 5.26 Å². The summed E-state index contributed by atoms with van der Waals surface area (Å²) in [7, 11) is 0. The van der Waals surface area contributed by atoms with Crippen molar-refractivity contribution in [2.24, 2.45) is 5.92 Å². The van der Waals surface area contributed by atoms with E-state index < -0.39 is 0 Å². The average molecular weight is 717 g/mol. The van der Waals surface area contributed by atoms with Crippen molar-refractivity contribution < 1.29 is 9.59 Å². The standard InChI is InChI=1S/C34H37IN8O2/c1-22-4-5-25(35-3)19-29(22)30-20-39-32-31(38-13-17-43(30)32)40-26-6-7-28(23(2)18-26)34(45)41-14-9-24(10-15-41)33(44)42-16-12-37-27(21-42)8-11-36/h4-7,13,17-20,24,27,37H,3,8-10,12,14-16,21H2,1-2H3,(H,38,40). The van der Waals surface area contributed by atoms with Crippen LogP contribution in [0.25, 0.3) is 16.9 Å². The number of nitrogens with zero attached hydrogens (tertiary/aromatic N) is 6. The van der Waals surface area contributed by atoms with Gasteiger partial charge in [-0.15, -0.1) is 0 Å². The van der Waals surface area contributed by atoms with Crippen LogP contribution in [0.5, 0.6) is 0 Å². The maximum absolute atomic E-state index is 13.5. The van der Waals surface area contributed by atoms with Crippen LogP contribution in [0.2, 0.25) is 0 Å². The Morgan fingerprint density at radius 2 is 1.91 bits per heavy atom. The van der Waals surface area contributed by atoms with Crippen LogP contribution in [-0.2, 0) is 4.79 Å². The van der Waals surface area contributed by atoms with Gasteiger partial charge in [0, 0.05) is 77.5 Å². The minimum atomic E-state index is -0.265. The van der Waals surface area contributed by atoms with E-state index in [0.29, 0.717) is 63.4 Å². The molecule has 45 heavy (non-hydrogen) atoms. The molecule has 1 unspecified atom stereocenters. The van der Waals surface area contributed by atoms with E-state index in [4.69, 9.17) is 10.2 Å². The number of fused-ring (bicyclic) bond motifs is 1. The Kier molecular flexibility index (Phi) is 9.23. The van der Waals surface area contributed by atoms with Crippen molar-refractivity contribution >= 4 is 54.2 Å². The zero-order chi connectivity index (χ0) is 31.5. The lowest BCUT2D eigenvalue weighted by molar-refractivity contribution is -0.138. The molecule has 0 aliphatic carbocycles. The number of halogens is 1. The van der Waals surface area contributed by atoms with Gasteiger partial charge in [0.25, 0.3) is 5.91 Å². The summed E-state index contributed by atoms with van der Waals surface area (Å²) in [5.74, 6) is 0.686. The van der Waals surface area contributed by atoms with Gasteiger partial charge in [0.05, 0.1) is 24.4 Å². The molecule has 11 heteroatoms. The molecule has 0 bridgehead atoms. The number of nitrogens with one attached hydrogen (secondary N) is 2. The van der Waals surface area contributed by atoms with Crippen molar-refractivity contribution in [3.63, 3.8) is 0 Å². The number of hydrogen-bond acceptors (Lipinski definition) is 7. The smallest absolute Gasteiger partial charge is 0.254 e. The van der Waals surface area contributed by atoms with E-state index in [-0.39, 0.29) is 44.5 Å². The first-order valence-corrected chi connectivity index (χ1v) is 17.8. The number of piperazine rings is 1. The second kappa shape index (κ2) is 13.5. The lowest BCUT2D eigenvalue weighted by atomic mass is 9.93. The first-order valence-electron chi connectivity index (χ1n) is 15.2. The van der Waals surface area contributed by atoms with Crippen LogP contribution in [0, 0.1) is 34.7 Å². The molecule has 0 spiro atoms. The van der Waals surface area contributed by atoms with Gasteiger partial charge >= 0.3 is 0 Å². The molecule has 2 aromatic carbocycles. The van der Waals surface area contributed by atoms with E-state index in [2.05, 4.69) is 55.7 Å². The monoisotopic (exact) mass is 716 g/mol. The predicted molar refractivity (Wildman–Crippen MR) is 185 cm³/mol. The fraction of sp³-hybridized carbons (Fsp3) is 0.353. The van der Waals surface area contributed by atoms with Crippen LogP contribution < -0.4 is 10.6 Å². The van der Waals surface area contributed by atoms with E-state index >= 15 is 0 Å². The van der Waals surface area contributed by atoms with Crippen molar-refractivity contribution in [1.29, 1.82) is 5.26 Å². The zero-order valence-corrected chi connectivity index (χ0v) is 27.8. The number of hydrogen-bond donors (Lipinski definition) is 2. The van der Waals surface area contributed by atoms with Crippen LogP contribution in [-0.4, -0.2) is 79.3 Å². The summed E-state index contributed by atoms with van der Waals surface area (Å²) in [5.41, 5.74) is 6.40. The number of nitriles is 1. The topological polar surface area (TPSA) is 119 Å². The van der Waals surface area contributed by atoms with E-state index in [1.165, 1.54) is 9.13 Å². The largest absolute Gasteiger partial charge is 0.340 e. The van der Waals surface area contributed by atoms with Crippen LogP contribution in [0.1, 0.15) is 40.7 Å². The quantitative estimate of drug-likeness (QED) is 0.262. The number of aromatic nitrogens is 3. The van der Waals surface area contributed by atoms with Gasteiger partial charge in [0.15, 0.2) is 11.5 Å². The summed E-state index contributed by atoms with van der Waals surface area (Å²) >= 11 is -0.265. The van der Waals surface area contributed by atoms with Crippen LogP contribution in [0.15, 0.2) is 55.0 Å². The average Bonchev–Trinajstić information content (AvgIpc) is 3.50. The SMILES string of the molecule is C=Ic1ccc(C)c(-c2cnc3c(Nc4ccc(C(=O)N5CCC(C(=O)N6CCNC(CC#N)C6)CC5)c(C)c4)nccn23)c1. The Labute approximate surface area is 273 Å². The predicted octanol–water partition coefficient (Wildman–Crippen LogP) is 4.90. The number of aryl methyl sites for hydroxylation is 2. The molecule has 2 aromatic heterocycles. The number of anilines is 2. The normalized spacial score (nSPS) is 17.3. The third kappa shape index (κ3) is 6.48. The molecule has 10 nitrogen and oxygen atoms in total. The molecule has 4 heterocycles. The molecule has 2 aliphatic heterocycles. The highest BCUT2D eigenvalue weighted by atomic mass is 127. The van der Waals surface area contributed by atoms with Crippen molar-refractivity contribution in [3.8, 4) is 17.3 Å². The number of imidazole rings is 1. The number of likely N-dealkylation sites (tertiary alicyclic amines) is 1. The van der Waals surface area contributed by atoms with Gasteiger partial charge in [0.2, 0.25) is 5.91 Å². The van der Waals surface area contributed by atoms with Gasteiger partial charge in [-0.05, 0) is 68.1 Å². The molecule has 6 rings (SSSR count). The molecular weight excluding hydrogens is 679 g/mol. The summed E-state index contributed by atoms with van der Waals surface area (Å²) in [5, 5.41) is 15.7. The fourth-order valence-corrected chi connectivity index (χ4v) is 7.27. The Hall–Kier alpha value is -4.15. The maximum Gasteiger partial charge on any atom is 0.254 e. The van der Waals surface area contributed by atoms with Crippen LogP contribution in [0.3, 0.4) is 0 Å². The number of amides is 2. The van der Waals surface area contributed by atoms with Crippen molar-refractivity contribution in [1.82, 2.24) is 29.5 Å². The molecule has 0 radical (unpaired) electrons. The lowest BCUT2D eigenvalue weighted by Crippen LogP contribution is -2.54. The third-order valence-electron chi connectivity index (χ3n) is 8.81. The zero-order valence-electron chi connectivity index (χ0n) is 25.6. The van der Waals surface area contributed by atoms with Gasteiger partial charge in [-0.1, -0.05) is 31.3 Å². The molecule has 2 amide bonds. The third-order valence-corrected chi connectivity index (χ3v) is 10.4. The van der Waals surface area contributed by atoms with Gasteiger partial charge in [-0.3, -0.25) is 14.0 Å². The van der Waals surface area contributed by atoms with Crippen molar-refractivity contribution in [2.45, 2.75) is 39.2 Å². The van der Waals surface area contributed by atoms with Crippen LogP contribution in [0.4, 0.5) is 11.5 Å². The van der Waals surface area contributed by atoms with Gasteiger partial charge < -0.3 is 20.4 Å². The summed E-state index contributed by atoms with van der Waals surface area (Å²) in [6.07, 6.45) is 7.27. The van der Waals surface area contributed by atoms with E-state index in [0.717, 1.165) is 28.2 Å². The number of rotatable bonds is 7. The Balaban J connectivity index is 1.12. The van der Waals surface area contributed by atoms with E-state index in [1.54, 1.807) is 6.20 Å². The highest BCUT2D eigenvalue weighted by Crippen LogP contribution is 2.30. The highest BCUT2D eigenvalue weighted by molar-refractivity contribution is 14.2. The fourth-order valence-electron chi connectivity index (χ4n) is 6.31. The lowest BCUT2D eigenvalue weighted by Gasteiger charge is -2.38. The first-order chi connectivity index (χ1) is 21.9. The minimum Gasteiger partial charge on any atom is -0.340 e. The Morgan fingerprint density at radius 3 is 2.67 bits per heavy atom. The molecule has 2 saturated heterocycles. The van der Waals surface area contributed by atoms with E-state index in [9.17, 15) is 9.59 Å². The first kappa shape index (κ1) is 30.9. The number of carbonyl (C=O) groups excluding carboxylic acids is 2. The highest BCUT2D eigenvalue weighted by Gasteiger charge is 2.33. The summed E-state index contributed by atoms with van der Waals surface area (Å²) in [6, 6.07) is 14.5. The number of benzene rings is 2. The summed E-state index contributed by atoms with van der Waals surface area (Å²) in [4.78, 5) is 39.7. The molecule has 2 aliphatic rings. The molecule has 4 aromatic rings. The Bertz CT molecular complexity index is 1800. The number of carbonyl (C=O) groups is 2. The molecule has 2 N–H and O–H groups in total.